The van der Waals surface area contributed by atoms with E-state index in [2.05, 4.69) is 9.97 Å². The lowest BCUT2D eigenvalue weighted by Gasteiger charge is -2.34. The van der Waals surface area contributed by atoms with E-state index in [4.69, 9.17) is 11.6 Å². The number of aromatic amines is 1. The van der Waals surface area contributed by atoms with Crippen molar-refractivity contribution >= 4 is 40.0 Å². The van der Waals surface area contributed by atoms with Crippen LogP contribution in [0, 0.1) is 0 Å². The summed E-state index contributed by atoms with van der Waals surface area (Å²) in [5, 5.41) is 0.289. The van der Waals surface area contributed by atoms with E-state index in [1.54, 1.807) is 26.3 Å². The Morgan fingerprint density at radius 3 is 2.38 bits per heavy atom. The van der Waals surface area contributed by atoms with Gasteiger partial charge in [0, 0.05) is 38.7 Å². The Morgan fingerprint density at radius 2 is 1.69 bits per heavy atom. The summed E-state index contributed by atoms with van der Waals surface area (Å²) in [4.78, 5) is 48.1. The molecule has 32 heavy (non-hydrogen) atoms. The molecule has 0 aliphatic carbocycles. The van der Waals surface area contributed by atoms with Gasteiger partial charge in [-0.05, 0) is 12.1 Å². The molecule has 0 bridgehead atoms. The van der Waals surface area contributed by atoms with Crippen LogP contribution in [0.5, 0.6) is 0 Å². The molecule has 0 spiro atoms. The number of halogens is 1. The number of benzene rings is 2. The molecular formula is C23H20ClN5O3. The third-order valence-electron chi connectivity index (χ3n) is 5.84. The third-order valence-corrected chi connectivity index (χ3v) is 6.16. The Kier molecular flexibility index (Phi) is 4.94. The zero-order valence-electron chi connectivity index (χ0n) is 17.3. The van der Waals surface area contributed by atoms with Gasteiger partial charge in [-0.3, -0.25) is 18.8 Å². The molecule has 9 heteroatoms. The largest absolute Gasteiger partial charge is 0.339 e. The van der Waals surface area contributed by atoms with Crippen LogP contribution in [0.15, 0.2) is 53.5 Å². The molecule has 0 unspecified atom stereocenters. The SMILES string of the molecule is CC(=O)N1CCN(C(=O)c2cc3[nH]c(=O)c4cnc(-c5ccccc5)n4c3cc2Cl)CC1. The van der Waals surface area contributed by atoms with Crippen molar-refractivity contribution in [2.45, 2.75) is 6.92 Å². The topological polar surface area (TPSA) is 90.8 Å². The molecule has 4 aromatic rings. The second-order valence-electron chi connectivity index (χ2n) is 7.77. The van der Waals surface area contributed by atoms with E-state index in [9.17, 15) is 14.4 Å². The number of imidazole rings is 1. The smallest absolute Gasteiger partial charge is 0.274 e. The van der Waals surface area contributed by atoms with Crippen molar-refractivity contribution in [2.75, 3.05) is 26.2 Å². The molecular weight excluding hydrogens is 430 g/mol. The lowest BCUT2D eigenvalue weighted by atomic mass is 10.1. The Hall–Kier alpha value is -3.65. The first-order chi connectivity index (χ1) is 15.4. The minimum absolute atomic E-state index is 0.00280. The van der Waals surface area contributed by atoms with Crippen molar-refractivity contribution in [2.24, 2.45) is 0 Å². The van der Waals surface area contributed by atoms with Gasteiger partial charge in [0.05, 0.1) is 27.8 Å². The molecule has 2 amide bonds. The first-order valence-corrected chi connectivity index (χ1v) is 10.6. The predicted molar refractivity (Wildman–Crippen MR) is 122 cm³/mol. The van der Waals surface area contributed by atoms with Gasteiger partial charge in [-0.25, -0.2) is 4.98 Å². The summed E-state index contributed by atoms with van der Waals surface area (Å²) < 4.78 is 1.76. The van der Waals surface area contributed by atoms with Gasteiger partial charge in [0.2, 0.25) is 5.91 Å². The molecule has 2 aromatic carbocycles. The summed E-state index contributed by atoms with van der Waals surface area (Å²) in [5.74, 6) is 0.388. The molecule has 5 rings (SSSR count). The van der Waals surface area contributed by atoms with E-state index < -0.39 is 0 Å². The second-order valence-corrected chi connectivity index (χ2v) is 8.18. The molecule has 0 radical (unpaired) electrons. The highest BCUT2D eigenvalue weighted by Crippen LogP contribution is 2.28. The number of nitrogens with zero attached hydrogens (tertiary/aromatic N) is 4. The first kappa shape index (κ1) is 20.3. The van der Waals surface area contributed by atoms with Crippen molar-refractivity contribution in [3.05, 3.63) is 69.6 Å². The van der Waals surface area contributed by atoms with E-state index >= 15 is 0 Å². The van der Waals surface area contributed by atoms with Crippen molar-refractivity contribution < 1.29 is 9.59 Å². The predicted octanol–water partition coefficient (Wildman–Crippen LogP) is 2.80. The van der Waals surface area contributed by atoms with Gasteiger partial charge in [-0.15, -0.1) is 0 Å². The van der Waals surface area contributed by atoms with E-state index in [1.165, 1.54) is 13.1 Å². The van der Waals surface area contributed by atoms with E-state index in [0.29, 0.717) is 54.1 Å². The van der Waals surface area contributed by atoms with Crippen molar-refractivity contribution in [1.29, 1.82) is 0 Å². The maximum absolute atomic E-state index is 13.2. The van der Waals surface area contributed by atoms with Crippen LogP contribution in [-0.4, -0.2) is 62.2 Å². The number of rotatable bonds is 2. The maximum atomic E-state index is 13.2. The number of aromatic nitrogens is 3. The summed E-state index contributed by atoms with van der Waals surface area (Å²) in [7, 11) is 0. The number of hydrogen-bond acceptors (Lipinski definition) is 4. The average molecular weight is 450 g/mol. The van der Waals surface area contributed by atoms with E-state index in [0.717, 1.165) is 5.56 Å². The van der Waals surface area contributed by atoms with Gasteiger partial charge in [-0.1, -0.05) is 41.9 Å². The molecule has 2 aromatic heterocycles. The third kappa shape index (κ3) is 3.33. The number of fused-ring (bicyclic) bond motifs is 3. The Balaban J connectivity index is 1.60. The summed E-state index contributed by atoms with van der Waals surface area (Å²) >= 11 is 6.56. The van der Waals surface area contributed by atoms with Gasteiger partial charge in [0.1, 0.15) is 11.3 Å². The van der Waals surface area contributed by atoms with Crippen LogP contribution in [0.3, 0.4) is 0 Å². The fourth-order valence-corrected chi connectivity index (χ4v) is 4.38. The van der Waals surface area contributed by atoms with Crippen LogP contribution in [0.2, 0.25) is 5.02 Å². The molecule has 3 heterocycles. The van der Waals surface area contributed by atoms with Crippen LogP contribution >= 0.6 is 11.6 Å². The molecule has 8 nitrogen and oxygen atoms in total. The van der Waals surface area contributed by atoms with Crippen molar-refractivity contribution in [3.63, 3.8) is 0 Å². The van der Waals surface area contributed by atoms with E-state index in [-0.39, 0.29) is 22.4 Å². The molecule has 0 atom stereocenters. The Bertz CT molecular complexity index is 1420. The van der Waals surface area contributed by atoms with Gasteiger partial charge >= 0.3 is 0 Å². The second kappa shape index (κ2) is 7.80. The maximum Gasteiger partial charge on any atom is 0.274 e. The standard InChI is InChI=1S/C23H20ClN5O3/c1-14(30)27-7-9-28(10-8-27)23(32)16-11-18-19(12-17(16)24)29-20(22(31)26-18)13-25-21(29)15-5-3-2-4-6-15/h2-6,11-13H,7-10H2,1H3,(H,26,31). The fourth-order valence-electron chi connectivity index (χ4n) is 4.14. The molecule has 162 valence electrons. The van der Waals surface area contributed by atoms with E-state index in [1.807, 2.05) is 30.3 Å². The fraction of sp³-hybridized carbons (Fsp3) is 0.217. The molecule has 1 saturated heterocycles. The molecule has 1 N–H and O–H groups in total. The minimum Gasteiger partial charge on any atom is -0.339 e. The highest BCUT2D eigenvalue weighted by Gasteiger charge is 2.25. The normalized spacial score (nSPS) is 14.3. The number of piperazine rings is 1. The number of carbonyl (C=O) groups excluding carboxylic acids is 2. The zero-order chi connectivity index (χ0) is 22.4. The average Bonchev–Trinajstić information content (AvgIpc) is 3.26. The summed E-state index contributed by atoms with van der Waals surface area (Å²) in [6.45, 7) is 3.36. The monoisotopic (exact) mass is 449 g/mol. The number of H-pyrrole nitrogens is 1. The minimum atomic E-state index is -0.303. The van der Waals surface area contributed by atoms with Crippen LogP contribution in [0.4, 0.5) is 0 Å². The van der Waals surface area contributed by atoms with Crippen LogP contribution in [0.25, 0.3) is 27.9 Å². The number of amides is 2. The van der Waals surface area contributed by atoms with Crippen LogP contribution < -0.4 is 5.56 Å². The lowest BCUT2D eigenvalue weighted by Crippen LogP contribution is -2.50. The zero-order valence-corrected chi connectivity index (χ0v) is 18.1. The highest BCUT2D eigenvalue weighted by atomic mass is 35.5. The molecule has 1 aliphatic rings. The summed E-state index contributed by atoms with van der Waals surface area (Å²) in [5.41, 5.74) is 2.41. The summed E-state index contributed by atoms with van der Waals surface area (Å²) in [6.07, 6.45) is 1.53. The molecule has 1 aliphatic heterocycles. The lowest BCUT2D eigenvalue weighted by molar-refractivity contribution is -0.130. The quantitative estimate of drug-likeness (QED) is 0.509. The molecule has 0 saturated carbocycles. The van der Waals surface area contributed by atoms with Crippen molar-refractivity contribution in [3.8, 4) is 11.4 Å². The Labute approximate surface area is 188 Å². The van der Waals surface area contributed by atoms with Gasteiger partial charge in [-0.2, -0.15) is 0 Å². The Morgan fingerprint density at radius 1 is 1.00 bits per heavy atom. The number of nitrogens with one attached hydrogen (secondary N) is 1. The summed E-state index contributed by atoms with van der Waals surface area (Å²) in [6, 6.07) is 12.9. The number of hydrogen-bond donors (Lipinski definition) is 1. The first-order valence-electron chi connectivity index (χ1n) is 10.3. The van der Waals surface area contributed by atoms with Crippen molar-refractivity contribution in [1.82, 2.24) is 24.2 Å². The van der Waals surface area contributed by atoms with Gasteiger partial charge in [0.15, 0.2) is 0 Å². The molecule has 1 fully saturated rings. The van der Waals surface area contributed by atoms with Crippen LogP contribution in [0.1, 0.15) is 17.3 Å². The van der Waals surface area contributed by atoms with Gasteiger partial charge in [0.25, 0.3) is 11.5 Å². The number of carbonyl (C=O) groups is 2. The van der Waals surface area contributed by atoms with Gasteiger partial charge < -0.3 is 14.8 Å². The highest BCUT2D eigenvalue weighted by molar-refractivity contribution is 6.34. The van der Waals surface area contributed by atoms with Crippen LogP contribution in [-0.2, 0) is 4.79 Å².